The number of piperidine rings is 1. The van der Waals surface area contributed by atoms with Crippen LogP contribution in [0, 0.1) is 5.92 Å². The van der Waals surface area contributed by atoms with Gasteiger partial charge in [0.05, 0.1) is 0 Å². The molecule has 1 aliphatic heterocycles. The van der Waals surface area contributed by atoms with Gasteiger partial charge in [-0.25, -0.2) is 0 Å². The fraction of sp³-hybridized carbons (Fsp3) is 0.778. The predicted octanol–water partition coefficient (Wildman–Crippen LogP) is 0.462. The smallest absolute Gasteiger partial charge is 0.295 e. The van der Waals surface area contributed by atoms with Gasteiger partial charge in [-0.15, -0.1) is 10.2 Å². The number of nitrogens with one attached hydrogen (secondary N) is 1. The van der Waals surface area contributed by atoms with Gasteiger partial charge < -0.3 is 4.90 Å². The summed E-state index contributed by atoms with van der Waals surface area (Å²) in [6.07, 6.45) is 3.41. The summed E-state index contributed by atoms with van der Waals surface area (Å²) in [4.78, 5) is 13.7. The summed E-state index contributed by atoms with van der Waals surface area (Å²) in [5.74, 6) is 0.684. The first-order valence-corrected chi connectivity index (χ1v) is 5.34. The molecule has 1 unspecified atom stereocenters. The fourth-order valence-electron chi connectivity index (χ4n) is 1.98. The Balaban J connectivity index is 2.01. The van der Waals surface area contributed by atoms with Gasteiger partial charge in [0.1, 0.15) is 0 Å². The topological polar surface area (TPSA) is 74.8 Å². The lowest BCUT2D eigenvalue weighted by molar-refractivity contribution is 0.0659. The minimum absolute atomic E-state index is 0.109. The Kier molecular flexibility index (Phi) is 2.94. The lowest BCUT2D eigenvalue weighted by atomic mass is 9.95. The lowest BCUT2D eigenvalue weighted by Gasteiger charge is -2.31. The number of nitrogens with zero attached hydrogens (tertiary/aromatic N) is 4. The van der Waals surface area contributed by atoms with Crippen LogP contribution in [0.25, 0.3) is 0 Å². The Labute approximate surface area is 88.0 Å². The van der Waals surface area contributed by atoms with Crippen molar-refractivity contribution in [2.45, 2.75) is 26.2 Å². The Bertz CT molecular complexity index is 323. The van der Waals surface area contributed by atoms with Crippen molar-refractivity contribution in [3.63, 3.8) is 0 Å². The molecular formula is C9H15N5O. The van der Waals surface area contributed by atoms with E-state index in [1.54, 1.807) is 0 Å². The highest BCUT2D eigenvalue weighted by molar-refractivity contribution is 5.90. The summed E-state index contributed by atoms with van der Waals surface area (Å²) in [6.45, 7) is 3.79. The number of hydrogen-bond acceptors (Lipinski definition) is 4. The molecule has 1 amide bonds. The second-order valence-corrected chi connectivity index (χ2v) is 3.90. The van der Waals surface area contributed by atoms with Gasteiger partial charge in [0.2, 0.25) is 0 Å². The van der Waals surface area contributed by atoms with Gasteiger partial charge in [-0.2, -0.15) is 5.21 Å². The second kappa shape index (κ2) is 4.37. The third-order valence-electron chi connectivity index (χ3n) is 2.92. The number of carbonyl (C=O) groups is 1. The number of amides is 1. The van der Waals surface area contributed by atoms with Crippen LogP contribution in [0.3, 0.4) is 0 Å². The van der Waals surface area contributed by atoms with Crippen LogP contribution >= 0.6 is 0 Å². The molecule has 0 aliphatic carbocycles. The number of rotatable bonds is 2. The van der Waals surface area contributed by atoms with Crippen molar-refractivity contribution in [2.75, 3.05) is 13.1 Å². The van der Waals surface area contributed by atoms with E-state index in [2.05, 4.69) is 27.5 Å². The van der Waals surface area contributed by atoms with Gasteiger partial charge in [-0.1, -0.05) is 13.3 Å². The van der Waals surface area contributed by atoms with Crippen LogP contribution < -0.4 is 0 Å². The van der Waals surface area contributed by atoms with Crippen LogP contribution in [0.1, 0.15) is 36.8 Å². The van der Waals surface area contributed by atoms with Gasteiger partial charge in [0, 0.05) is 13.1 Å². The lowest BCUT2D eigenvalue weighted by Crippen LogP contribution is -2.40. The zero-order valence-corrected chi connectivity index (χ0v) is 8.81. The zero-order chi connectivity index (χ0) is 10.7. The number of H-pyrrole nitrogens is 1. The molecule has 82 valence electrons. The summed E-state index contributed by atoms with van der Waals surface area (Å²) in [6, 6.07) is 0. The van der Waals surface area contributed by atoms with E-state index >= 15 is 0 Å². The first-order valence-electron chi connectivity index (χ1n) is 5.34. The number of hydrogen-bond donors (Lipinski definition) is 1. The first-order chi connectivity index (χ1) is 7.31. The minimum Gasteiger partial charge on any atom is -0.336 e. The molecule has 1 aromatic heterocycles. The molecule has 2 rings (SSSR count). The molecule has 6 heteroatoms. The second-order valence-electron chi connectivity index (χ2n) is 3.90. The number of aromatic nitrogens is 4. The van der Waals surface area contributed by atoms with Crippen molar-refractivity contribution in [1.29, 1.82) is 0 Å². The number of likely N-dealkylation sites (tertiary alicyclic amines) is 1. The standard InChI is InChI=1S/C9H15N5O/c1-2-7-4-3-5-14(6-7)9(15)8-10-12-13-11-8/h7H,2-6H2,1H3,(H,10,11,12,13). The van der Waals surface area contributed by atoms with Gasteiger partial charge in [0.15, 0.2) is 0 Å². The molecule has 0 saturated carbocycles. The largest absolute Gasteiger partial charge is 0.336 e. The van der Waals surface area contributed by atoms with Crippen molar-refractivity contribution in [3.8, 4) is 0 Å². The molecule has 0 aromatic carbocycles. The van der Waals surface area contributed by atoms with E-state index in [4.69, 9.17) is 0 Å². The monoisotopic (exact) mass is 209 g/mol. The average Bonchev–Trinajstić information content (AvgIpc) is 2.81. The summed E-state index contributed by atoms with van der Waals surface area (Å²) in [5.41, 5.74) is 0. The maximum Gasteiger partial charge on any atom is 0.295 e. The molecule has 1 aliphatic rings. The van der Waals surface area contributed by atoms with Crippen molar-refractivity contribution in [3.05, 3.63) is 5.82 Å². The van der Waals surface area contributed by atoms with Gasteiger partial charge in [-0.3, -0.25) is 4.79 Å². The maximum absolute atomic E-state index is 11.9. The number of carbonyl (C=O) groups excluding carboxylic acids is 1. The maximum atomic E-state index is 11.9. The quantitative estimate of drug-likeness (QED) is 0.768. The normalized spacial score (nSPS) is 21.7. The zero-order valence-electron chi connectivity index (χ0n) is 8.81. The van der Waals surface area contributed by atoms with E-state index in [-0.39, 0.29) is 11.7 Å². The van der Waals surface area contributed by atoms with E-state index in [0.29, 0.717) is 5.92 Å². The van der Waals surface area contributed by atoms with Crippen LogP contribution in [-0.2, 0) is 0 Å². The summed E-state index contributed by atoms with van der Waals surface area (Å²) < 4.78 is 0. The molecular weight excluding hydrogens is 194 g/mol. The van der Waals surface area contributed by atoms with Gasteiger partial charge >= 0.3 is 0 Å². The van der Waals surface area contributed by atoms with E-state index in [1.165, 1.54) is 6.42 Å². The predicted molar refractivity (Wildman–Crippen MR) is 53.1 cm³/mol. The van der Waals surface area contributed by atoms with Crippen LogP contribution in [0.5, 0.6) is 0 Å². The third-order valence-corrected chi connectivity index (χ3v) is 2.92. The minimum atomic E-state index is -0.109. The molecule has 0 spiro atoms. The van der Waals surface area contributed by atoms with Crippen LogP contribution in [0.15, 0.2) is 0 Å². The molecule has 1 fully saturated rings. The first kappa shape index (κ1) is 10.1. The van der Waals surface area contributed by atoms with Crippen molar-refractivity contribution >= 4 is 5.91 Å². The highest BCUT2D eigenvalue weighted by atomic mass is 16.2. The highest BCUT2D eigenvalue weighted by Crippen LogP contribution is 2.19. The van der Waals surface area contributed by atoms with Crippen LogP contribution in [-0.4, -0.2) is 44.5 Å². The van der Waals surface area contributed by atoms with Crippen molar-refractivity contribution in [2.24, 2.45) is 5.92 Å². The van der Waals surface area contributed by atoms with E-state index < -0.39 is 0 Å². The van der Waals surface area contributed by atoms with Crippen LogP contribution in [0.4, 0.5) is 0 Å². The Morgan fingerprint density at radius 3 is 3.20 bits per heavy atom. The Morgan fingerprint density at radius 2 is 2.53 bits per heavy atom. The molecule has 0 bridgehead atoms. The molecule has 2 heterocycles. The highest BCUT2D eigenvalue weighted by Gasteiger charge is 2.25. The average molecular weight is 209 g/mol. The van der Waals surface area contributed by atoms with E-state index in [1.807, 2.05) is 4.90 Å². The van der Waals surface area contributed by atoms with Crippen molar-refractivity contribution in [1.82, 2.24) is 25.5 Å². The molecule has 1 N–H and O–H groups in total. The Hall–Kier alpha value is -1.46. The van der Waals surface area contributed by atoms with E-state index in [9.17, 15) is 4.79 Å². The summed E-state index contributed by atoms with van der Waals surface area (Å²) in [7, 11) is 0. The molecule has 15 heavy (non-hydrogen) atoms. The molecule has 1 saturated heterocycles. The fourth-order valence-corrected chi connectivity index (χ4v) is 1.98. The molecule has 0 radical (unpaired) electrons. The van der Waals surface area contributed by atoms with Gasteiger partial charge in [-0.05, 0) is 24.0 Å². The SMILES string of the molecule is CCC1CCCN(C(=O)c2nn[nH]n2)C1. The van der Waals surface area contributed by atoms with Gasteiger partial charge in [0.25, 0.3) is 11.7 Å². The summed E-state index contributed by atoms with van der Waals surface area (Å²) in [5, 5.41) is 13.1. The summed E-state index contributed by atoms with van der Waals surface area (Å²) >= 11 is 0. The van der Waals surface area contributed by atoms with Crippen molar-refractivity contribution < 1.29 is 4.79 Å². The third kappa shape index (κ3) is 2.14. The van der Waals surface area contributed by atoms with E-state index in [0.717, 1.165) is 25.9 Å². The van der Waals surface area contributed by atoms with Crippen LogP contribution in [0.2, 0.25) is 0 Å². The Morgan fingerprint density at radius 1 is 1.67 bits per heavy atom. The molecule has 1 atom stereocenters. The molecule has 6 nitrogen and oxygen atoms in total. The number of tetrazole rings is 1. The number of aromatic amines is 1. The molecule has 1 aromatic rings.